The van der Waals surface area contributed by atoms with E-state index in [2.05, 4.69) is 0 Å². The van der Waals surface area contributed by atoms with Crippen molar-refractivity contribution in [3.8, 4) is 5.75 Å². The third-order valence-corrected chi connectivity index (χ3v) is 2.62. The van der Waals surface area contributed by atoms with Gasteiger partial charge in [-0.05, 0) is 25.0 Å². The van der Waals surface area contributed by atoms with E-state index in [9.17, 15) is 14.9 Å². The van der Waals surface area contributed by atoms with Crippen molar-refractivity contribution < 1.29 is 19.6 Å². The van der Waals surface area contributed by atoms with Gasteiger partial charge in [-0.2, -0.15) is 0 Å². The predicted octanol–water partition coefficient (Wildman–Crippen LogP) is 3.03. The minimum atomic E-state index is -1.16. The number of nitro groups is 1. The van der Waals surface area contributed by atoms with Crippen molar-refractivity contribution in [1.29, 1.82) is 0 Å². The Bertz CT molecular complexity index is 484. The fourth-order valence-electron chi connectivity index (χ4n) is 1.85. The quantitative estimate of drug-likeness (QED) is 0.605. The lowest BCUT2D eigenvalue weighted by Crippen LogP contribution is -2.08. The molecular formula is C13H17NO5. The summed E-state index contributed by atoms with van der Waals surface area (Å²) in [6, 6.07) is 2.72. The highest BCUT2D eigenvalue weighted by atomic mass is 16.6. The van der Waals surface area contributed by atoms with Crippen molar-refractivity contribution in [2.45, 2.75) is 33.1 Å². The molecule has 0 heterocycles. The molecule has 0 radical (unpaired) electrons. The van der Waals surface area contributed by atoms with E-state index < -0.39 is 10.9 Å². The monoisotopic (exact) mass is 267 g/mol. The zero-order valence-corrected chi connectivity index (χ0v) is 11.0. The zero-order chi connectivity index (χ0) is 14.4. The fourth-order valence-corrected chi connectivity index (χ4v) is 1.85. The van der Waals surface area contributed by atoms with Gasteiger partial charge in [-0.15, -0.1) is 0 Å². The number of benzene rings is 1. The van der Waals surface area contributed by atoms with Gasteiger partial charge < -0.3 is 9.84 Å². The summed E-state index contributed by atoms with van der Waals surface area (Å²) >= 11 is 0. The van der Waals surface area contributed by atoms with Crippen LogP contribution >= 0.6 is 0 Å². The maximum absolute atomic E-state index is 11.2. The van der Waals surface area contributed by atoms with E-state index in [1.54, 1.807) is 0 Å². The van der Waals surface area contributed by atoms with Crippen molar-refractivity contribution in [3.05, 3.63) is 33.4 Å². The van der Waals surface area contributed by atoms with Crippen LogP contribution in [0.5, 0.6) is 5.75 Å². The smallest absolute Gasteiger partial charge is 0.336 e. The molecule has 0 saturated heterocycles. The van der Waals surface area contributed by atoms with Gasteiger partial charge in [0, 0.05) is 5.56 Å². The fraction of sp³-hybridized carbons (Fsp3) is 0.462. The van der Waals surface area contributed by atoms with Gasteiger partial charge in [-0.3, -0.25) is 10.1 Å². The highest BCUT2D eigenvalue weighted by Gasteiger charge is 2.26. The summed E-state index contributed by atoms with van der Waals surface area (Å²) in [4.78, 5) is 21.8. The van der Waals surface area contributed by atoms with Crippen LogP contribution in [0.3, 0.4) is 0 Å². The Morgan fingerprint density at radius 3 is 2.53 bits per heavy atom. The number of carboxylic acid groups (broad SMARTS) is 1. The lowest BCUT2D eigenvalue weighted by atomic mass is 10.0. The number of nitro benzene ring substituents is 1. The van der Waals surface area contributed by atoms with Gasteiger partial charge in [0.25, 0.3) is 0 Å². The lowest BCUT2D eigenvalue weighted by Gasteiger charge is -2.11. The number of rotatable bonds is 7. The third-order valence-electron chi connectivity index (χ3n) is 2.62. The number of hydrogen-bond acceptors (Lipinski definition) is 4. The molecule has 1 aromatic carbocycles. The molecule has 0 aliphatic carbocycles. The molecule has 19 heavy (non-hydrogen) atoms. The van der Waals surface area contributed by atoms with E-state index in [1.807, 2.05) is 13.8 Å². The second kappa shape index (κ2) is 6.72. The number of nitrogens with zero attached hydrogens (tertiary/aromatic N) is 1. The van der Waals surface area contributed by atoms with Gasteiger partial charge in [-0.1, -0.05) is 20.3 Å². The summed E-state index contributed by atoms with van der Waals surface area (Å²) in [5.41, 5.74) is -0.0267. The first-order chi connectivity index (χ1) is 9.02. The third kappa shape index (κ3) is 3.43. The van der Waals surface area contributed by atoms with Gasteiger partial charge in [0.2, 0.25) is 0 Å². The van der Waals surface area contributed by atoms with Crippen LogP contribution < -0.4 is 4.74 Å². The molecule has 6 nitrogen and oxygen atoms in total. The predicted molar refractivity (Wildman–Crippen MR) is 69.8 cm³/mol. The second-order valence-electron chi connectivity index (χ2n) is 4.10. The summed E-state index contributed by atoms with van der Waals surface area (Å²) in [5, 5.41) is 20.3. The lowest BCUT2D eigenvalue weighted by molar-refractivity contribution is -0.386. The van der Waals surface area contributed by atoms with E-state index in [4.69, 9.17) is 9.84 Å². The Labute approximate surface area is 111 Å². The van der Waals surface area contributed by atoms with Crippen LogP contribution in [-0.2, 0) is 6.42 Å². The van der Waals surface area contributed by atoms with Crippen LogP contribution in [0.2, 0.25) is 0 Å². The Hall–Kier alpha value is -2.11. The molecule has 0 saturated carbocycles. The largest absolute Gasteiger partial charge is 0.487 e. The van der Waals surface area contributed by atoms with Gasteiger partial charge in [0.15, 0.2) is 5.75 Å². The van der Waals surface area contributed by atoms with Crippen LogP contribution in [0.15, 0.2) is 12.1 Å². The standard InChI is InChI=1S/C13H17NO5/c1-3-5-9-10(13(15)16)6-7-11(19-8-4-2)12(9)14(17)18/h6-7H,3-5,8H2,1-2H3,(H,15,16). The Morgan fingerprint density at radius 1 is 1.37 bits per heavy atom. The molecule has 1 rings (SSSR count). The number of ether oxygens (including phenoxy) is 1. The van der Waals surface area contributed by atoms with E-state index in [0.717, 1.165) is 6.42 Å². The first-order valence-corrected chi connectivity index (χ1v) is 6.19. The normalized spacial score (nSPS) is 10.2. The van der Waals surface area contributed by atoms with Crippen molar-refractivity contribution in [3.63, 3.8) is 0 Å². The van der Waals surface area contributed by atoms with E-state index in [0.29, 0.717) is 19.4 Å². The zero-order valence-electron chi connectivity index (χ0n) is 11.0. The highest BCUT2D eigenvalue weighted by Crippen LogP contribution is 2.34. The Balaban J connectivity index is 3.39. The minimum Gasteiger partial charge on any atom is -0.487 e. The molecule has 0 bridgehead atoms. The number of hydrogen-bond donors (Lipinski definition) is 1. The van der Waals surface area contributed by atoms with Crippen LogP contribution in [-0.4, -0.2) is 22.6 Å². The summed E-state index contributed by atoms with van der Waals surface area (Å²) < 4.78 is 5.33. The second-order valence-corrected chi connectivity index (χ2v) is 4.10. The van der Waals surface area contributed by atoms with Gasteiger partial charge in [-0.25, -0.2) is 4.79 Å². The first kappa shape index (κ1) is 14.9. The van der Waals surface area contributed by atoms with Crippen molar-refractivity contribution >= 4 is 11.7 Å². The SMILES string of the molecule is CCCOc1ccc(C(=O)O)c(CCC)c1[N+](=O)[O-]. The number of aromatic carboxylic acids is 1. The molecule has 0 fully saturated rings. The van der Waals surface area contributed by atoms with E-state index >= 15 is 0 Å². The molecule has 0 atom stereocenters. The van der Waals surface area contributed by atoms with Gasteiger partial charge >= 0.3 is 11.7 Å². The van der Waals surface area contributed by atoms with Crippen LogP contribution in [0, 0.1) is 10.1 Å². The van der Waals surface area contributed by atoms with Crippen molar-refractivity contribution in [1.82, 2.24) is 0 Å². The molecule has 0 unspecified atom stereocenters. The van der Waals surface area contributed by atoms with Crippen molar-refractivity contribution in [2.24, 2.45) is 0 Å². The number of carboxylic acids is 1. The molecule has 0 aliphatic rings. The van der Waals surface area contributed by atoms with Gasteiger partial charge in [0.1, 0.15) is 0 Å². The summed E-state index contributed by atoms with van der Waals surface area (Å²) in [6.45, 7) is 4.10. The maximum atomic E-state index is 11.2. The highest BCUT2D eigenvalue weighted by molar-refractivity contribution is 5.91. The van der Waals surface area contributed by atoms with Gasteiger partial charge in [0.05, 0.1) is 17.1 Å². The minimum absolute atomic E-state index is 0.0302. The molecule has 104 valence electrons. The Kier molecular flexibility index (Phi) is 5.29. The molecule has 0 aliphatic heterocycles. The topological polar surface area (TPSA) is 89.7 Å². The molecule has 1 N–H and O–H groups in total. The molecule has 0 spiro atoms. The Morgan fingerprint density at radius 2 is 2.05 bits per heavy atom. The maximum Gasteiger partial charge on any atom is 0.336 e. The molecule has 0 amide bonds. The molecular weight excluding hydrogens is 250 g/mol. The van der Waals surface area contributed by atoms with E-state index in [-0.39, 0.29) is 22.6 Å². The summed E-state index contributed by atoms with van der Waals surface area (Å²) in [6.07, 6.45) is 1.68. The average molecular weight is 267 g/mol. The van der Waals surface area contributed by atoms with Crippen LogP contribution in [0.4, 0.5) is 5.69 Å². The molecule has 1 aromatic rings. The summed E-state index contributed by atoms with van der Waals surface area (Å²) in [7, 11) is 0. The summed E-state index contributed by atoms with van der Waals surface area (Å²) in [5.74, 6) is -1.02. The van der Waals surface area contributed by atoms with Crippen LogP contribution in [0.25, 0.3) is 0 Å². The molecule has 6 heteroatoms. The van der Waals surface area contributed by atoms with Crippen molar-refractivity contribution in [2.75, 3.05) is 6.61 Å². The number of carbonyl (C=O) groups is 1. The molecule has 0 aromatic heterocycles. The van der Waals surface area contributed by atoms with E-state index in [1.165, 1.54) is 12.1 Å². The first-order valence-electron chi connectivity index (χ1n) is 6.19. The van der Waals surface area contributed by atoms with Crippen LogP contribution in [0.1, 0.15) is 42.6 Å². The average Bonchev–Trinajstić information content (AvgIpc) is 2.35.